The number of carbonyl (C=O) groups is 1. The zero-order chi connectivity index (χ0) is 15.5. The molecule has 2 rings (SSSR count). The van der Waals surface area contributed by atoms with Crippen LogP contribution >= 0.6 is 0 Å². The first-order valence-electron chi connectivity index (χ1n) is 7.10. The Morgan fingerprint density at radius 3 is 2.29 bits per heavy atom. The number of hydrogen-bond donors (Lipinski definition) is 2. The number of anilines is 1. The Bertz CT molecular complexity index is 624. The van der Waals surface area contributed by atoms with Gasteiger partial charge < -0.3 is 11.1 Å². The van der Waals surface area contributed by atoms with Crippen molar-refractivity contribution < 1.29 is 4.79 Å². The van der Waals surface area contributed by atoms with Crippen LogP contribution in [0.5, 0.6) is 0 Å². The van der Waals surface area contributed by atoms with Gasteiger partial charge in [0.05, 0.1) is 0 Å². The summed E-state index contributed by atoms with van der Waals surface area (Å²) in [4.78, 5) is 12.4. The summed E-state index contributed by atoms with van der Waals surface area (Å²) in [7, 11) is 0. The molecule has 3 N–H and O–H groups in total. The molecule has 2 aromatic carbocycles. The van der Waals surface area contributed by atoms with Crippen LogP contribution in [0.3, 0.4) is 0 Å². The zero-order valence-corrected chi connectivity index (χ0v) is 12.8. The third kappa shape index (κ3) is 3.85. The maximum atomic E-state index is 12.4. The smallest absolute Gasteiger partial charge is 0.251 e. The first-order valence-corrected chi connectivity index (χ1v) is 7.10. The molecule has 1 amide bonds. The van der Waals surface area contributed by atoms with E-state index in [1.165, 1.54) is 0 Å². The Balaban J connectivity index is 2.12. The third-order valence-electron chi connectivity index (χ3n) is 3.41. The molecule has 0 aromatic heterocycles. The molecule has 0 fully saturated rings. The van der Waals surface area contributed by atoms with Crippen molar-refractivity contribution in [3.8, 4) is 0 Å². The van der Waals surface area contributed by atoms with E-state index in [0.29, 0.717) is 6.54 Å². The van der Waals surface area contributed by atoms with E-state index in [9.17, 15) is 4.79 Å². The first-order chi connectivity index (χ1) is 9.88. The molecule has 0 unspecified atom stereocenters. The Hall–Kier alpha value is -2.29. The molecule has 0 aliphatic heterocycles. The Kier molecular flexibility index (Phi) is 4.32. The quantitative estimate of drug-likeness (QED) is 0.847. The molecule has 2 aromatic rings. The maximum absolute atomic E-state index is 12.4. The summed E-state index contributed by atoms with van der Waals surface area (Å²) >= 11 is 0. The average Bonchev–Trinajstić information content (AvgIpc) is 2.45. The second-order valence-electron chi connectivity index (χ2n) is 6.22. The highest BCUT2D eigenvalue weighted by atomic mass is 16.1. The molecule has 0 aliphatic carbocycles. The molecular formula is C18H22N2O. The minimum absolute atomic E-state index is 0.0441. The number of nitrogens with two attached hydrogens (primary N) is 1. The molecule has 0 atom stereocenters. The summed E-state index contributed by atoms with van der Waals surface area (Å²) in [5.41, 5.74) is 9.14. The summed E-state index contributed by atoms with van der Waals surface area (Å²) in [5, 5.41) is 2.97. The molecule has 0 heterocycles. The van der Waals surface area contributed by atoms with Gasteiger partial charge in [-0.05, 0) is 34.7 Å². The highest BCUT2D eigenvalue weighted by Gasteiger charge is 2.20. The predicted octanol–water partition coefficient (Wildman–Crippen LogP) is 3.50. The minimum atomic E-state index is -0.0604. The van der Waals surface area contributed by atoms with E-state index in [1.807, 2.05) is 48.5 Å². The van der Waals surface area contributed by atoms with E-state index in [4.69, 9.17) is 5.73 Å². The number of hydrogen-bond acceptors (Lipinski definition) is 2. The van der Waals surface area contributed by atoms with Crippen LogP contribution in [-0.4, -0.2) is 5.91 Å². The summed E-state index contributed by atoms with van der Waals surface area (Å²) in [6.45, 7) is 6.83. The molecule has 0 aliphatic rings. The van der Waals surface area contributed by atoms with Gasteiger partial charge in [-0.2, -0.15) is 0 Å². The van der Waals surface area contributed by atoms with Crippen molar-refractivity contribution in [1.82, 2.24) is 5.32 Å². The molecule has 0 saturated carbocycles. The van der Waals surface area contributed by atoms with Crippen LogP contribution in [-0.2, 0) is 12.0 Å². The fourth-order valence-electron chi connectivity index (χ4n) is 2.25. The van der Waals surface area contributed by atoms with Crippen LogP contribution in [0.15, 0.2) is 48.5 Å². The maximum Gasteiger partial charge on any atom is 0.251 e. The van der Waals surface area contributed by atoms with E-state index >= 15 is 0 Å². The van der Waals surface area contributed by atoms with Crippen LogP contribution in [0.25, 0.3) is 0 Å². The number of carbonyl (C=O) groups excluding carboxylic acids is 1. The average molecular weight is 282 g/mol. The lowest BCUT2D eigenvalue weighted by atomic mass is 9.83. The van der Waals surface area contributed by atoms with Crippen LogP contribution in [0.2, 0.25) is 0 Å². The molecule has 3 heteroatoms. The summed E-state index contributed by atoms with van der Waals surface area (Å²) in [6.07, 6.45) is 0. The van der Waals surface area contributed by atoms with Crippen molar-refractivity contribution in [3.63, 3.8) is 0 Å². The van der Waals surface area contributed by atoms with E-state index in [1.54, 1.807) is 0 Å². The molecule has 0 bridgehead atoms. The fourth-order valence-corrected chi connectivity index (χ4v) is 2.25. The molecule has 21 heavy (non-hydrogen) atoms. The van der Waals surface area contributed by atoms with Gasteiger partial charge in [0.2, 0.25) is 0 Å². The second-order valence-corrected chi connectivity index (χ2v) is 6.22. The van der Waals surface area contributed by atoms with Gasteiger partial charge >= 0.3 is 0 Å². The van der Waals surface area contributed by atoms with E-state index in [-0.39, 0.29) is 11.3 Å². The Labute approximate surface area is 126 Å². The van der Waals surface area contributed by atoms with Gasteiger partial charge in [-0.15, -0.1) is 0 Å². The van der Waals surface area contributed by atoms with Crippen molar-refractivity contribution in [1.29, 1.82) is 0 Å². The normalized spacial score (nSPS) is 11.2. The number of nitrogen functional groups attached to an aromatic ring is 1. The van der Waals surface area contributed by atoms with Gasteiger partial charge in [0.25, 0.3) is 5.91 Å². The standard InChI is InChI=1S/C18H22N2O/c1-18(2,3)16-7-5-4-6-15(16)17(21)20-12-13-8-10-14(19)11-9-13/h4-11H,12,19H2,1-3H3,(H,20,21). The van der Waals surface area contributed by atoms with Crippen molar-refractivity contribution in [2.24, 2.45) is 0 Å². The Morgan fingerprint density at radius 1 is 1.05 bits per heavy atom. The molecule has 110 valence electrons. The zero-order valence-electron chi connectivity index (χ0n) is 12.8. The molecule has 0 saturated heterocycles. The number of amides is 1. The van der Waals surface area contributed by atoms with E-state index in [0.717, 1.165) is 22.4 Å². The van der Waals surface area contributed by atoms with Crippen LogP contribution in [0.1, 0.15) is 42.3 Å². The van der Waals surface area contributed by atoms with Crippen molar-refractivity contribution >= 4 is 11.6 Å². The Morgan fingerprint density at radius 2 is 1.67 bits per heavy atom. The van der Waals surface area contributed by atoms with Crippen LogP contribution in [0.4, 0.5) is 5.69 Å². The largest absolute Gasteiger partial charge is 0.399 e. The summed E-state index contributed by atoms with van der Waals surface area (Å²) < 4.78 is 0. The number of nitrogens with one attached hydrogen (secondary N) is 1. The molecule has 0 spiro atoms. The van der Waals surface area contributed by atoms with Crippen LogP contribution < -0.4 is 11.1 Å². The summed E-state index contributed by atoms with van der Waals surface area (Å²) in [5.74, 6) is -0.0441. The highest BCUT2D eigenvalue weighted by molar-refractivity contribution is 5.96. The van der Waals surface area contributed by atoms with Gasteiger partial charge in [0.1, 0.15) is 0 Å². The topological polar surface area (TPSA) is 55.1 Å². The van der Waals surface area contributed by atoms with Crippen molar-refractivity contribution in [2.45, 2.75) is 32.7 Å². The van der Waals surface area contributed by atoms with Gasteiger partial charge in [-0.1, -0.05) is 51.1 Å². The SMILES string of the molecule is CC(C)(C)c1ccccc1C(=O)NCc1ccc(N)cc1. The summed E-state index contributed by atoms with van der Waals surface area (Å²) in [6, 6.07) is 15.3. The van der Waals surface area contributed by atoms with Gasteiger partial charge in [-0.3, -0.25) is 4.79 Å². The molecule has 0 radical (unpaired) electrons. The lowest BCUT2D eigenvalue weighted by Gasteiger charge is -2.22. The minimum Gasteiger partial charge on any atom is -0.399 e. The van der Waals surface area contributed by atoms with E-state index in [2.05, 4.69) is 26.1 Å². The number of rotatable bonds is 3. The third-order valence-corrected chi connectivity index (χ3v) is 3.41. The van der Waals surface area contributed by atoms with Crippen molar-refractivity contribution in [2.75, 3.05) is 5.73 Å². The van der Waals surface area contributed by atoms with Gasteiger partial charge in [-0.25, -0.2) is 0 Å². The van der Waals surface area contributed by atoms with Crippen LogP contribution in [0, 0.1) is 0 Å². The first kappa shape index (κ1) is 15.1. The van der Waals surface area contributed by atoms with E-state index < -0.39 is 0 Å². The fraction of sp³-hybridized carbons (Fsp3) is 0.278. The molecule has 3 nitrogen and oxygen atoms in total. The molecular weight excluding hydrogens is 260 g/mol. The van der Waals surface area contributed by atoms with Gasteiger partial charge in [0.15, 0.2) is 0 Å². The lowest BCUT2D eigenvalue weighted by molar-refractivity contribution is 0.0948. The second kappa shape index (κ2) is 6.00. The predicted molar refractivity (Wildman–Crippen MR) is 87.2 cm³/mol. The number of benzene rings is 2. The van der Waals surface area contributed by atoms with Gasteiger partial charge in [0, 0.05) is 17.8 Å². The monoisotopic (exact) mass is 282 g/mol. The van der Waals surface area contributed by atoms with Crippen molar-refractivity contribution in [3.05, 3.63) is 65.2 Å². The highest BCUT2D eigenvalue weighted by Crippen LogP contribution is 2.25. The lowest BCUT2D eigenvalue weighted by Crippen LogP contribution is -2.26.